The number of methoxy groups -OCH3 is 2. The van der Waals surface area contributed by atoms with Crippen LogP contribution in [0.15, 0.2) is 33.8 Å². The van der Waals surface area contributed by atoms with Crippen molar-refractivity contribution in [1.82, 2.24) is 19.3 Å². The van der Waals surface area contributed by atoms with Crippen molar-refractivity contribution in [3.63, 3.8) is 0 Å². The number of pyridine rings is 1. The molecule has 8 nitrogen and oxygen atoms in total. The van der Waals surface area contributed by atoms with E-state index < -0.39 is 0 Å². The van der Waals surface area contributed by atoms with Gasteiger partial charge in [-0.1, -0.05) is 5.16 Å². The molecular weight excluding hydrogens is 312 g/mol. The van der Waals surface area contributed by atoms with Crippen molar-refractivity contribution in [2.24, 2.45) is 0 Å². The maximum atomic E-state index is 12.7. The molecule has 0 aromatic carbocycles. The Morgan fingerprint density at radius 3 is 2.62 bits per heavy atom. The summed E-state index contributed by atoms with van der Waals surface area (Å²) >= 11 is 0. The fourth-order valence-corrected chi connectivity index (χ4v) is 2.54. The lowest BCUT2D eigenvalue weighted by molar-refractivity contribution is 0.188. The van der Waals surface area contributed by atoms with Gasteiger partial charge in [-0.3, -0.25) is 4.79 Å². The van der Waals surface area contributed by atoms with Gasteiger partial charge in [-0.05, 0) is 12.1 Å². The second kappa shape index (κ2) is 7.41. The van der Waals surface area contributed by atoms with Gasteiger partial charge in [-0.25, -0.2) is 0 Å². The van der Waals surface area contributed by atoms with Gasteiger partial charge in [0, 0.05) is 45.0 Å². The van der Waals surface area contributed by atoms with Gasteiger partial charge in [0.15, 0.2) is 5.82 Å². The van der Waals surface area contributed by atoms with Crippen LogP contribution in [-0.4, -0.2) is 46.7 Å². The molecular formula is C16H20N4O4. The smallest absolute Gasteiger partial charge is 0.275 e. The fourth-order valence-electron chi connectivity index (χ4n) is 2.54. The minimum absolute atomic E-state index is 0.0924. The highest BCUT2D eigenvalue weighted by atomic mass is 16.5. The average molecular weight is 332 g/mol. The van der Waals surface area contributed by atoms with Gasteiger partial charge in [0.05, 0.1) is 13.2 Å². The summed E-state index contributed by atoms with van der Waals surface area (Å²) in [7, 11) is 3.26. The van der Waals surface area contributed by atoms with Crippen molar-refractivity contribution in [2.75, 3.05) is 27.4 Å². The van der Waals surface area contributed by atoms with Gasteiger partial charge < -0.3 is 23.1 Å². The van der Waals surface area contributed by atoms with Crippen molar-refractivity contribution >= 4 is 10.9 Å². The molecule has 0 fully saturated rings. The largest absolute Gasteiger partial charge is 0.384 e. The Kier molecular flexibility index (Phi) is 5.07. The average Bonchev–Trinajstić information content (AvgIpc) is 3.20. The third kappa shape index (κ3) is 3.39. The van der Waals surface area contributed by atoms with Crippen LogP contribution in [0.5, 0.6) is 0 Å². The molecule has 0 amide bonds. The monoisotopic (exact) mass is 332 g/mol. The molecule has 3 rings (SSSR count). The number of aromatic nitrogens is 4. The predicted octanol–water partition coefficient (Wildman–Crippen LogP) is 1.07. The van der Waals surface area contributed by atoms with Crippen LogP contribution in [0.2, 0.25) is 0 Å². The molecule has 0 saturated heterocycles. The molecule has 0 aliphatic rings. The first-order chi connectivity index (χ1) is 11.7. The number of rotatable bonds is 8. The topological polar surface area (TPSA) is 84.3 Å². The minimum Gasteiger partial charge on any atom is -0.384 e. The standard InChI is InChI=1S/C16H20N4O4/c1-22-9-5-13-17-14(24-18-13)11-20-7-4-12-3-6-19(8-10-23-2)15(12)16(20)21/h3-4,6-7H,5,8-11H2,1-2H3. The maximum Gasteiger partial charge on any atom is 0.275 e. The first kappa shape index (κ1) is 16.4. The van der Waals surface area contributed by atoms with Crippen LogP contribution in [0.25, 0.3) is 10.9 Å². The van der Waals surface area contributed by atoms with E-state index in [-0.39, 0.29) is 12.1 Å². The van der Waals surface area contributed by atoms with Crippen LogP contribution < -0.4 is 5.56 Å². The molecule has 0 aliphatic heterocycles. The Labute approximate surface area is 138 Å². The number of hydrogen-bond acceptors (Lipinski definition) is 6. The quantitative estimate of drug-likeness (QED) is 0.613. The second-order valence-electron chi connectivity index (χ2n) is 5.40. The molecule has 0 saturated carbocycles. The number of hydrogen-bond donors (Lipinski definition) is 0. The van der Waals surface area contributed by atoms with E-state index in [4.69, 9.17) is 14.0 Å². The van der Waals surface area contributed by atoms with E-state index in [0.717, 1.165) is 5.39 Å². The SMILES string of the molecule is COCCc1noc(Cn2ccc3ccn(CCOC)c3c2=O)n1. The lowest BCUT2D eigenvalue weighted by atomic mass is 10.3. The first-order valence-electron chi connectivity index (χ1n) is 7.70. The predicted molar refractivity (Wildman–Crippen MR) is 87.1 cm³/mol. The molecule has 0 N–H and O–H groups in total. The lowest BCUT2D eigenvalue weighted by Crippen LogP contribution is -2.22. The Balaban J connectivity index is 1.85. The van der Waals surface area contributed by atoms with Gasteiger partial charge in [0.2, 0.25) is 5.89 Å². The summed E-state index contributed by atoms with van der Waals surface area (Å²) < 4.78 is 18.8. The van der Waals surface area contributed by atoms with Crippen molar-refractivity contribution < 1.29 is 14.0 Å². The summed E-state index contributed by atoms with van der Waals surface area (Å²) in [6.45, 7) is 1.94. The van der Waals surface area contributed by atoms with E-state index in [1.54, 1.807) is 25.0 Å². The van der Waals surface area contributed by atoms with Crippen LogP contribution in [0.3, 0.4) is 0 Å². The van der Waals surface area contributed by atoms with E-state index in [9.17, 15) is 4.79 Å². The van der Waals surface area contributed by atoms with Gasteiger partial charge in [0.1, 0.15) is 12.1 Å². The van der Waals surface area contributed by atoms with Crippen LogP contribution >= 0.6 is 0 Å². The molecule has 3 heterocycles. The van der Waals surface area contributed by atoms with E-state index >= 15 is 0 Å². The Morgan fingerprint density at radius 2 is 1.88 bits per heavy atom. The zero-order valence-electron chi connectivity index (χ0n) is 13.8. The third-order valence-corrected chi connectivity index (χ3v) is 3.77. The van der Waals surface area contributed by atoms with Crippen LogP contribution in [0.4, 0.5) is 0 Å². The summed E-state index contributed by atoms with van der Waals surface area (Å²) in [5, 5.41) is 4.79. The van der Waals surface area contributed by atoms with Crippen LogP contribution in [-0.2, 0) is 29.0 Å². The molecule has 3 aromatic rings. The number of ether oxygens (including phenoxy) is 2. The van der Waals surface area contributed by atoms with Crippen molar-refractivity contribution in [1.29, 1.82) is 0 Å². The van der Waals surface area contributed by atoms with Gasteiger partial charge in [-0.15, -0.1) is 0 Å². The Hall–Kier alpha value is -2.45. The third-order valence-electron chi connectivity index (χ3n) is 3.77. The number of fused-ring (bicyclic) bond motifs is 1. The molecule has 0 radical (unpaired) electrons. The molecule has 8 heteroatoms. The van der Waals surface area contributed by atoms with Gasteiger partial charge in [-0.2, -0.15) is 4.98 Å². The zero-order chi connectivity index (χ0) is 16.9. The maximum absolute atomic E-state index is 12.7. The summed E-state index contributed by atoms with van der Waals surface area (Å²) in [6.07, 6.45) is 4.21. The fraction of sp³-hybridized carbons (Fsp3) is 0.438. The molecule has 24 heavy (non-hydrogen) atoms. The van der Waals surface area contributed by atoms with Crippen molar-refractivity contribution in [3.8, 4) is 0 Å². The van der Waals surface area contributed by atoms with E-state index in [0.29, 0.717) is 43.4 Å². The highest BCUT2D eigenvalue weighted by molar-refractivity contribution is 5.78. The van der Waals surface area contributed by atoms with Crippen LogP contribution in [0.1, 0.15) is 11.7 Å². The molecule has 0 bridgehead atoms. The summed E-state index contributed by atoms with van der Waals surface area (Å²) in [6, 6.07) is 3.83. The lowest BCUT2D eigenvalue weighted by Gasteiger charge is -2.06. The molecule has 3 aromatic heterocycles. The first-order valence-corrected chi connectivity index (χ1v) is 7.70. The summed E-state index contributed by atoms with van der Waals surface area (Å²) in [5.74, 6) is 0.974. The van der Waals surface area contributed by atoms with Crippen molar-refractivity contribution in [2.45, 2.75) is 19.5 Å². The van der Waals surface area contributed by atoms with Gasteiger partial charge >= 0.3 is 0 Å². The van der Waals surface area contributed by atoms with E-state index in [2.05, 4.69) is 10.1 Å². The normalized spacial score (nSPS) is 11.4. The molecule has 0 atom stereocenters. The Bertz CT molecular complexity index is 864. The van der Waals surface area contributed by atoms with E-state index in [1.807, 2.05) is 22.9 Å². The number of nitrogens with zero attached hydrogens (tertiary/aromatic N) is 4. The van der Waals surface area contributed by atoms with Gasteiger partial charge in [0.25, 0.3) is 5.56 Å². The molecule has 0 aliphatic carbocycles. The molecule has 128 valence electrons. The van der Waals surface area contributed by atoms with Crippen molar-refractivity contribution in [3.05, 3.63) is 46.6 Å². The molecule has 0 spiro atoms. The summed E-state index contributed by atoms with van der Waals surface area (Å²) in [4.78, 5) is 17.0. The second-order valence-corrected chi connectivity index (χ2v) is 5.40. The van der Waals surface area contributed by atoms with Crippen LogP contribution in [0, 0.1) is 0 Å². The minimum atomic E-state index is -0.0924. The Morgan fingerprint density at radius 1 is 1.12 bits per heavy atom. The highest BCUT2D eigenvalue weighted by Crippen LogP contribution is 2.12. The zero-order valence-corrected chi connectivity index (χ0v) is 13.8. The summed E-state index contributed by atoms with van der Waals surface area (Å²) in [5.41, 5.74) is 0.555. The molecule has 0 unspecified atom stereocenters. The highest BCUT2D eigenvalue weighted by Gasteiger charge is 2.11. The van der Waals surface area contributed by atoms with E-state index in [1.165, 1.54) is 0 Å².